The first-order valence-corrected chi connectivity index (χ1v) is 6.50. The fourth-order valence-electron chi connectivity index (χ4n) is 0.297. The van der Waals surface area contributed by atoms with Crippen molar-refractivity contribution in [3.63, 3.8) is 0 Å². The molecule has 5 heteroatoms. The van der Waals surface area contributed by atoms with Gasteiger partial charge in [0.2, 0.25) is 10.0 Å². The van der Waals surface area contributed by atoms with E-state index in [1.807, 2.05) is 13.3 Å². The lowest BCUT2D eigenvalue weighted by Gasteiger charge is -2.17. The molecule has 0 amide bonds. The zero-order valence-electron chi connectivity index (χ0n) is 6.12. The molecule has 3 nitrogen and oxygen atoms in total. The van der Waals surface area contributed by atoms with Gasteiger partial charge in [0, 0.05) is 7.05 Å². The van der Waals surface area contributed by atoms with E-state index in [4.69, 9.17) is 0 Å². The molecular formula is C4H12NO2PS. The van der Waals surface area contributed by atoms with E-state index < -0.39 is 18.1 Å². The van der Waals surface area contributed by atoms with Gasteiger partial charge in [0.25, 0.3) is 0 Å². The Bertz CT molecular complexity index is 175. The van der Waals surface area contributed by atoms with Gasteiger partial charge < -0.3 is 0 Å². The second kappa shape index (κ2) is 2.95. The van der Waals surface area contributed by atoms with Crippen molar-refractivity contribution in [1.29, 1.82) is 0 Å². The summed E-state index contributed by atoms with van der Waals surface area (Å²) in [6.45, 7) is 3.80. The van der Waals surface area contributed by atoms with E-state index in [0.29, 0.717) is 0 Å². The summed E-state index contributed by atoms with van der Waals surface area (Å²) in [5, 5.41) is 0. The van der Waals surface area contributed by atoms with E-state index in [1.165, 1.54) is 10.3 Å². The van der Waals surface area contributed by atoms with Crippen molar-refractivity contribution < 1.29 is 8.42 Å². The Morgan fingerprint density at radius 1 is 1.33 bits per heavy atom. The summed E-state index contributed by atoms with van der Waals surface area (Å²) in [7, 11) is -1.85. The van der Waals surface area contributed by atoms with Crippen molar-refractivity contribution in [2.24, 2.45) is 0 Å². The van der Waals surface area contributed by atoms with Crippen LogP contribution in [-0.4, -0.2) is 39.1 Å². The molecule has 0 aromatic heterocycles. The molecule has 0 aromatic carbocycles. The number of nitrogens with zero attached hydrogens (tertiary/aromatic N) is 1. The summed E-state index contributed by atoms with van der Waals surface area (Å²) < 4.78 is 22.8. The average Bonchev–Trinajstić information content (AvgIpc) is 1.62. The Hall–Kier alpha value is 0.340. The number of rotatable bonds is 2. The summed E-state index contributed by atoms with van der Waals surface area (Å²) in [5.74, 6) is 0. The molecule has 0 saturated carbocycles. The number of sulfonamides is 1. The predicted octanol–water partition coefficient (Wildman–Crippen LogP) is 0.534. The summed E-state index contributed by atoms with van der Waals surface area (Å²) in [5.41, 5.74) is 0. The zero-order chi connectivity index (χ0) is 7.65. The minimum absolute atomic E-state index is 0.504. The van der Waals surface area contributed by atoms with Crippen molar-refractivity contribution >= 4 is 18.1 Å². The molecule has 0 rings (SSSR count). The van der Waals surface area contributed by atoms with Gasteiger partial charge in [-0.15, -0.1) is 0 Å². The highest BCUT2D eigenvalue weighted by molar-refractivity contribution is 7.93. The quantitative estimate of drug-likeness (QED) is 0.565. The van der Waals surface area contributed by atoms with Gasteiger partial charge in [0.15, 0.2) is 0 Å². The first-order valence-electron chi connectivity index (χ1n) is 2.47. The van der Waals surface area contributed by atoms with Crippen molar-refractivity contribution in [2.75, 3.05) is 26.6 Å². The number of hydrogen-bond acceptors (Lipinski definition) is 2. The normalized spacial score (nSPS) is 13.1. The fourth-order valence-corrected chi connectivity index (χ4v) is 2.67. The fraction of sp³-hybridized carbons (Fsp3) is 1.00. The van der Waals surface area contributed by atoms with Crippen molar-refractivity contribution in [1.82, 2.24) is 4.08 Å². The summed E-state index contributed by atoms with van der Waals surface area (Å²) in [6, 6.07) is 0. The van der Waals surface area contributed by atoms with Crippen LogP contribution in [0.1, 0.15) is 0 Å². The molecule has 0 fully saturated rings. The van der Waals surface area contributed by atoms with Gasteiger partial charge in [0.05, 0.1) is 6.26 Å². The third kappa shape index (κ3) is 3.14. The van der Waals surface area contributed by atoms with Crippen LogP contribution in [0.5, 0.6) is 0 Å². The lowest BCUT2D eigenvalue weighted by atomic mass is 11.6. The van der Waals surface area contributed by atoms with Crippen LogP contribution < -0.4 is 0 Å². The third-order valence-electron chi connectivity index (χ3n) is 1.04. The monoisotopic (exact) mass is 169 g/mol. The molecule has 0 N–H and O–H groups in total. The minimum Gasteiger partial charge on any atom is -0.212 e. The van der Waals surface area contributed by atoms with Crippen molar-refractivity contribution in [3.8, 4) is 0 Å². The highest BCUT2D eigenvalue weighted by Gasteiger charge is 2.12. The molecule has 0 aliphatic rings. The van der Waals surface area contributed by atoms with Gasteiger partial charge in [-0.25, -0.2) is 8.42 Å². The van der Waals surface area contributed by atoms with Crippen molar-refractivity contribution in [2.45, 2.75) is 0 Å². The average molecular weight is 169 g/mol. The van der Waals surface area contributed by atoms with E-state index >= 15 is 0 Å². The lowest BCUT2D eigenvalue weighted by molar-refractivity contribution is 0.569. The molecule has 0 heterocycles. The van der Waals surface area contributed by atoms with Crippen LogP contribution in [0.4, 0.5) is 0 Å². The molecule has 0 spiro atoms. The largest absolute Gasteiger partial charge is 0.214 e. The van der Waals surface area contributed by atoms with E-state index in [2.05, 4.69) is 0 Å². The second-order valence-corrected chi connectivity index (χ2v) is 6.62. The molecule has 0 radical (unpaired) electrons. The molecule has 0 aliphatic heterocycles. The first kappa shape index (κ1) is 9.34. The summed E-state index contributed by atoms with van der Waals surface area (Å²) in [4.78, 5) is 0. The Morgan fingerprint density at radius 2 is 1.67 bits per heavy atom. The lowest BCUT2D eigenvalue weighted by Crippen LogP contribution is -2.19. The molecule has 0 atom stereocenters. The topological polar surface area (TPSA) is 37.4 Å². The van der Waals surface area contributed by atoms with E-state index in [9.17, 15) is 8.42 Å². The van der Waals surface area contributed by atoms with Gasteiger partial charge >= 0.3 is 0 Å². The highest BCUT2D eigenvalue weighted by Crippen LogP contribution is 2.30. The number of hydrogen-bond donors (Lipinski definition) is 0. The summed E-state index contributed by atoms with van der Waals surface area (Å²) >= 11 is 0. The van der Waals surface area contributed by atoms with Crippen LogP contribution in [0.3, 0.4) is 0 Å². The van der Waals surface area contributed by atoms with Gasteiger partial charge in [-0.2, -0.15) is 4.08 Å². The Labute approximate surface area is 57.9 Å². The van der Waals surface area contributed by atoms with E-state index in [1.54, 1.807) is 7.05 Å². The molecule has 56 valence electrons. The van der Waals surface area contributed by atoms with Crippen LogP contribution in [0, 0.1) is 0 Å². The van der Waals surface area contributed by atoms with Crippen LogP contribution in [0.2, 0.25) is 0 Å². The van der Waals surface area contributed by atoms with Crippen LogP contribution in [-0.2, 0) is 10.0 Å². The standard InChI is InChI=1S/C4H12NO2PS/c1-5(8(2)3)9(4,6)7/h1-4H3. The zero-order valence-corrected chi connectivity index (χ0v) is 7.83. The maximum Gasteiger partial charge on any atom is 0.214 e. The van der Waals surface area contributed by atoms with Crippen LogP contribution in [0.15, 0.2) is 0 Å². The predicted molar refractivity (Wildman–Crippen MR) is 41.4 cm³/mol. The maximum absolute atomic E-state index is 10.7. The maximum atomic E-state index is 10.7. The molecular weight excluding hydrogens is 157 g/mol. The van der Waals surface area contributed by atoms with Gasteiger partial charge in [-0.05, 0) is 21.4 Å². The molecule has 0 bridgehead atoms. The smallest absolute Gasteiger partial charge is 0.212 e. The molecule has 0 aromatic rings. The van der Waals surface area contributed by atoms with Gasteiger partial charge in [0.1, 0.15) is 0 Å². The molecule has 0 aliphatic carbocycles. The Kier molecular flexibility index (Phi) is 3.06. The Balaban J connectivity index is 4.24. The molecule has 9 heavy (non-hydrogen) atoms. The van der Waals surface area contributed by atoms with Crippen molar-refractivity contribution in [3.05, 3.63) is 0 Å². The van der Waals surface area contributed by atoms with E-state index in [-0.39, 0.29) is 0 Å². The SMILES string of the molecule is CN(P(C)C)S(C)(=O)=O. The second-order valence-electron chi connectivity index (χ2n) is 2.04. The molecule has 0 saturated heterocycles. The third-order valence-corrected chi connectivity index (χ3v) is 5.00. The van der Waals surface area contributed by atoms with E-state index in [0.717, 1.165) is 0 Å². The minimum atomic E-state index is -2.94. The van der Waals surface area contributed by atoms with Gasteiger partial charge in [-0.3, -0.25) is 0 Å². The first-order chi connectivity index (χ1) is 3.85. The van der Waals surface area contributed by atoms with Gasteiger partial charge in [-0.1, -0.05) is 0 Å². The molecule has 0 unspecified atom stereocenters. The summed E-state index contributed by atoms with van der Waals surface area (Å²) in [6.07, 6.45) is 1.22. The van der Waals surface area contributed by atoms with Crippen LogP contribution in [0.25, 0.3) is 0 Å². The van der Waals surface area contributed by atoms with Crippen LogP contribution >= 0.6 is 8.07 Å². The highest BCUT2D eigenvalue weighted by atomic mass is 32.2. The Morgan fingerprint density at radius 3 is 1.67 bits per heavy atom.